The maximum atomic E-state index is 9.86. The topological polar surface area (TPSA) is 26.3 Å². The first-order valence-electron chi connectivity index (χ1n) is 3.59. The summed E-state index contributed by atoms with van der Waals surface area (Å²) in [7, 11) is 0. The molecule has 0 aliphatic rings. The van der Waals surface area contributed by atoms with Crippen LogP contribution in [0.15, 0.2) is 30.3 Å². The zero-order valence-corrected chi connectivity index (χ0v) is 7.20. The lowest BCUT2D eigenvalue weighted by Gasteiger charge is -2.06. The van der Waals surface area contributed by atoms with E-state index < -0.39 is 0 Å². The molecule has 0 N–H and O–H groups in total. The molecule has 0 heterocycles. The van der Waals surface area contributed by atoms with Crippen molar-refractivity contribution >= 4 is 18.1 Å². The van der Waals surface area contributed by atoms with Crippen LogP contribution in [0.5, 0.6) is 0 Å². The van der Waals surface area contributed by atoms with E-state index in [2.05, 4.69) is 4.74 Å². The number of hydrogen-bond acceptors (Lipinski definition) is 2. The highest BCUT2D eigenvalue weighted by molar-refractivity contribution is 6.20. The Hall–Kier alpha value is -1.02. The van der Waals surface area contributed by atoms with Crippen LogP contribution in [-0.2, 0) is 9.53 Å². The predicted molar refractivity (Wildman–Crippen MR) is 47.1 cm³/mol. The lowest BCUT2D eigenvalue weighted by Crippen LogP contribution is -2.00. The number of alkyl halides is 1. The van der Waals surface area contributed by atoms with Crippen molar-refractivity contribution in [3.8, 4) is 0 Å². The maximum Gasteiger partial charge on any atom is 0.293 e. The first kappa shape index (κ1) is 9.07. The van der Waals surface area contributed by atoms with Crippen molar-refractivity contribution in [3.63, 3.8) is 0 Å². The van der Waals surface area contributed by atoms with Crippen LogP contribution in [0.3, 0.4) is 0 Å². The van der Waals surface area contributed by atoms with E-state index >= 15 is 0 Å². The van der Waals surface area contributed by atoms with Crippen LogP contribution >= 0.6 is 11.6 Å². The molecule has 12 heavy (non-hydrogen) atoms. The van der Waals surface area contributed by atoms with E-state index in [0.29, 0.717) is 6.47 Å². The Morgan fingerprint density at radius 3 is 2.67 bits per heavy atom. The van der Waals surface area contributed by atoms with Gasteiger partial charge >= 0.3 is 0 Å². The highest BCUT2D eigenvalue weighted by Gasteiger charge is 2.06. The third-order valence-corrected chi connectivity index (χ3v) is 1.85. The van der Waals surface area contributed by atoms with Crippen LogP contribution in [0, 0.1) is 0 Å². The Bertz CT molecular complexity index is 236. The molecule has 0 aliphatic carbocycles. The predicted octanol–water partition coefficient (Wildman–Crippen LogP) is 2.14. The molecule has 1 unspecified atom stereocenters. The Labute approximate surface area is 76.1 Å². The summed E-state index contributed by atoms with van der Waals surface area (Å²) in [4.78, 5) is 9.86. The van der Waals surface area contributed by atoms with Crippen molar-refractivity contribution in [2.24, 2.45) is 0 Å². The monoisotopic (exact) mass is 184 g/mol. The molecule has 3 heteroatoms. The molecule has 1 atom stereocenters. The van der Waals surface area contributed by atoms with Gasteiger partial charge in [-0.2, -0.15) is 0 Å². The fourth-order valence-electron chi connectivity index (χ4n) is 0.882. The highest BCUT2D eigenvalue weighted by atomic mass is 35.5. The average Bonchev–Trinajstić information content (AvgIpc) is 2.15. The SMILES string of the molecule is O=COCC(Cl)c1ccccc1. The number of halogens is 1. The summed E-state index contributed by atoms with van der Waals surface area (Å²) in [5.74, 6) is 0. The van der Waals surface area contributed by atoms with Crippen LogP contribution in [0.1, 0.15) is 10.9 Å². The Morgan fingerprint density at radius 1 is 1.42 bits per heavy atom. The van der Waals surface area contributed by atoms with Gasteiger partial charge in [0.2, 0.25) is 0 Å². The largest absolute Gasteiger partial charge is 0.466 e. The van der Waals surface area contributed by atoms with E-state index in [9.17, 15) is 4.79 Å². The van der Waals surface area contributed by atoms with Crippen molar-refractivity contribution in [1.82, 2.24) is 0 Å². The average molecular weight is 185 g/mol. The second kappa shape index (κ2) is 4.78. The molecule has 0 aliphatic heterocycles. The van der Waals surface area contributed by atoms with Crippen LogP contribution in [0.4, 0.5) is 0 Å². The third kappa shape index (κ3) is 2.55. The highest BCUT2D eigenvalue weighted by Crippen LogP contribution is 2.19. The van der Waals surface area contributed by atoms with Gasteiger partial charge in [-0.15, -0.1) is 11.6 Å². The van der Waals surface area contributed by atoms with Gasteiger partial charge < -0.3 is 4.74 Å². The summed E-state index contributed by atoms with van der Waals surface area (Å²) in [5, 5.41) is -0.253. The van der Waals surface area contributed by atoms with Crippen molar-refractivity contribution < 1.29 is 9.53 Å². The summed E-state index contributed by atoms with van der Waals surface area (Å²) in [5.41, 5.74) is 0.959. The summed E-state index contributed by atoms with van der Waals surface area (Å²) in [6.45, 7) is 0.618. The van der Waals surface area contributed by atoms with Crippen molar-refractivity contribution in [2.45, 2.75) is 5.38 Å². The molecule has 0 aromatic heterocycles. The molecule has 0 fully saturated rings. The Kier molecular flexibility index (Phi) is 3.61. The third-order valence-electron chi connectivity index (χ3n) is 1.47. The number of ether oxygens (including phenoxy) is 1. The molecule has 64 valence electrons. The molecular formula is C9H9ClO2. The zero-order valence-electron chi connectivity index (χ0n) is 6.44. The second-order valence-corrected chi connectivity index (χ2v) is 2.83. The molecule has 2 nitrogen and oxygen atoms in total. The van der Waals surface area contributed by atoms with E-state index in [1.807, 2.05) is 30.3 Å². The molecular weight excluding hydrogens is 176 g/mol. The molecule has 0 radical (unpaired) electrons. The van der Waals surface area contributed by atoms with Gasteiger partial charge in [-0.3, -0.25) is 4.79 Å². The lowest BCUT2D eigenvalue weighted by atomic mass is 10.2. The van der Waals surface area contributed by atoms with Gasteiger partial charge in [0.05, 0.1) is 5.38 Å². The van der Waals surface area contributed by atoms with Gasteiger partial charge in [-0.1, -0.05) is 30.3 Å². The van der Waals surface area contributed by atoms with E-state index in [4.69, 9.17) is 11.6 Å². The minimum absolute atomic E-state index is 0.217. The van der Waals surface area contributed by atoms with E-state index in [1.165, 1.54) is 0 Å². The lowest BCUT2D eigenvalue weighted by molar-refractivity contribution is -0.128. The van der Waals surface area contributed by atoms with Crippen LogP contribution < -0.4 is 0 Å². The molecule has 0 bridgehead atoms. The summed E-state index contributed by atoms with van der Waals surface area (Å²) in [6.07, 6.45) is 0. The van der Waals surface area contributed by atoms with E-state index in [0.717, 1.165) is 5.56 Å². The minimum atomic E-state index is -0.253. The van der Waals surface area contributed by atoms with Crippen molar-refractivity contribution in [1.29, 1.82) is 0 Å². The molecule has 0 amide bonds. The number of carbonyl (C=O) groups excluding carboxylic acids is 1. The smallest absolute Gasteiger partial charge is 0.293 e. The minimum Gasteiger partial charge on any atom is -0.466 e. The first-order chi connectivity index (χ1) is 5.84. The van der Waals surface area contributed by atoms with Gasteiger partial charge in [0.15, 0.2) is 0 Å². The van der Waals surface area contributed by atoms with E-state index in [-0.39, 0.29) is 12.0 Å². The van der Waals surface area contributed by atoms with Crippen LogP contribution in [-0.4, -0.2) is 13.1 Å². The van der Waals surface area contributed by atoms with Crippen LogP contribution in [0.2, 0.25) is 0 Å². The Morgan fingerprint density at radius 2 is 2.08 bits per heavy atom. The molecule has 0 saturated heterocycles. The summed E-state index contributed by atoms with van der Waals surface area (Å²) in [6, 6.07) is 9.49. The molecule has 0 spiro atoms. The molecule has 0 saturated carbocycles. The number of benzene rings is 1. The zero-order chi connectivity index (χ0) is 8.81. The van der Waals surface area contributed by atoms with Gasteiger partial charge in [0.1, 0.15) is 6.61 Å². The van der Waals surface area contributed by atoms with Crippen molar-refractivity contribution in [3.05, 3.63) is 35.9 Å². The van der Waals surface area contributed by atoms with Gasteiger partial charge in [0, 0.05) is 0 Å². The fraction of sp³-hybridized carbons (Fsp3) is 0.222. The van der Waals surface area contributed by atoms with Gasteiger partial charge in [0.25, 0.3) is 6.47 Å². The Balaban J connectivity index is 2.53. The van der Waals surface area contributed by atoms with E-state index in [1.54, 1.807) is 0 Å². The van der Waals surface area contributed by atoms with Gasteiger partial charge in [-0.05, 0) is 5.56 Å². The fourth-order valence-corrected chi connectivity index (χ4v) is 1.10. The normalized spacial score (nSPS) is 12.1. The van der Waals surface area contributed by atoms with Crippen molar-refractivity contribution in [2.75, 3.05) is 6.61 Å². The summed E-state index contributed by atoms with van der Waals surface area (Å²) >= 11 is 5.90. The number of hydrogen-bond donors (Lipinski definition) is 0. The number of carbonyl (C=O) groups is 1. The quantitative estimate of drug-likeness (QED) is 0.530. The number of rotatable bonds is 4. The summed E-state index contributed by atoms with van der Waals surface area (Å²) < 4.78 is 4.54. The van der Waals surface area contributed by atoms with Gasteiger partial charge in [-0.25, -0.2) is 0 Å². The molecule has 1 aromatic rings. The molecule has 1 aromatic carbocycles. The standard InChI is InChI=1S/C9H9ClO2/c10-9(6-12-7-11)8-4-2-1-3-5-8/h1-5,7,9H,6H2. The van der Waals surface area contributed by atoms with Crippen LogP contribution in [0.25, 0.3) is 0 Å². The molecule has 1 rings (SSSR count). The first-order valence-corrected chi connectivity index (χ1v) is 4.02. The second-order valence-electron chi connectivity index (χ2n) is 2.31. The maximum absolute atomic E-state index is 9.86.